The van der Waals surface area contributed by atoms with Crippen LogP contribution in [0.2, 0.25) is 0 Å². The number of nitrogens with zero attached hydrogens (tertiary/aromatic N) is 1. The third-order valence-corrected chi connectivity index (χ3v) is 2.91. The first-order chi connectivity index (χ1) is 7.23. The largest absolute Gasteiger partial charge is 0.510 e. The number of amides is 1. The molecule has 92 valence electrons. The van der Waals surface area contributed by atoms with E-state index in [1.54, 1.807) is 4.90 Å². The zero-order valence-corrected chi connectivity index (χ0v) is 10.9. The summed E-state index contributed by atoms with van der Waals surface area (Å²) in [4.78, 5) is 13.5. The van der Waals surface area contributed by atoms with Crippen LogP contribution in [-0.4, -0.2) is 28.5 Å². The summed E-state index contributed by atoms with van der Waals surface area (Å²) in [6, 6.07) is -0.168. The van der Waals surface area contributed by atoms with Gasteiger partial charge in [0.2, 0.25) is 0 Å². The Hall–Kier alpha value is -0.990. The van der Waals surface area contributed by atoms with Gasteiger partial charge in [0.05, 0.1) is 6.04 Å². The fraction of sp³-hybridized carbons (Fsp3) is 0.769. The highest BCUT2D eigenvalue weighted by molar-refractivity contribution is 5.91. The molecule has 0 fully saturated rings. The first-order valence-corrected chi connectivity index (χ1v) is 5.94. The Morgan fingerprint density at radius 1 is 1.44 bits per heavy atom. The fourth-order valence-electron chi connectivity index (χ4n) is 2.12. The second-order valence-electron chi connectivity index (χ2n) is 6.05. The lowest BCUT2D eigenvalue weighted by atomic mass is 9.85. The average molecular weight is 225 g/mol. The number of carbonyl (C=O) groups excluding carboxylic acids is 1. The molecule has 1 atom stereocenters. The third kappa shape index (κ3) is 2.77. The fourth-order valence-corrected chi connectivity index (χ4v) is 2.12. The van der Waals surface area contributed by atoms with Crippen molar-refractivity contribution in [2.45, 2.75) is 47.1 Å². The van der Waals surface area contributed by atoms with Crippen molar-refractivity contribution in [3.8, 4) is 0 Å². The summed E-state index contributed by atoms with van der Waals surface area (Å²) >= 11 is 0. The van der Waals surface area contributed by atoms with Gasteiger partial charge in [0, 0.05) is 12.6 Å². The van der Waals surface area contributed by atoms with Crippen molar-refractivity contribution >= 4 is 5.91 Å². The van der Waals surface area contributed by atoms with E-state index in [1.807, 2.05) is 20.8 Å². The van der Waals surface area contributed by atoms with Gasteiger partial charge in [0.1, 0.15) is 5.76 Å². The van der Waals surface area contributed by atoms with Gasteiger partial charge in [-0.15, -0.1) is 0 Å². The highest BCUT2D eigenvalue weighted by Gasteiger charge is 2.40. The van der Waals surface area contributed by atoms with Gasteiger partial charge in [-0.05, 0) is 17.8 Å². The molecule has 0 bridgehead atoms. The Kier molecular flexibility index (Phi) is 3.66. The molecule has 1 heterocycles. The summed E-state index contributed by atoms with van der Waals surface area (Å²) in [5.41, 5.74) is -0.121. The summed E-state index contributed by atoms with van der Waals surface area (Å²) in [5, 5.41) is 9.83. The van der Waals surface area contributed by atoms with Gasteiger partial charge >= 0.3 is 0 Å². The van der Waals surface area contributed by atoms with Crippen LogP contribution in [-0.2, 0) is 4.79 Å². The zero-order valence-electron chi connectivity index (χ0n) is 10.9. The molecule has 0 saturated carbocycles. The predicted molar refractivity (Wildman–Crippen MR) is 65.1 cm³/mol. The molecular weight excluding hydrogens is 202 g/mol. The van der Waals surface area contributed by atoms with Gasteiger partial charge in [-0.25, -0.2) is 0 Å². The number of hydrogen-bond donors (Lipinski definition) is 1. The molecule has 0 aromatic heterocycles. The molecule has 0 spiro atoms. The van der Waals surface area contributed by atoms with Crippen LogP contribution in [0.15, 0.2) is 11.8 Å². The summed E-state index contributed by atoms with van der Waals surface area (Å²) < 4.78 is 0. The van der Waals surface area contributed by atoms with Crippen LogP contribution in [0, 0.1) is 11.3 Å². The molecule has 1 amide bonds. The molecule has 1 aliphatic heterocycles. The average Bonchev–Trinajstić information content (AvgIpc) is 2.36. The van der Waals surface area contributed by atoms with E-state index < -0.39 is 0 Å². The molecule has 1 rings (SSSR count). The quantitative estimate of drug-likeness (QED) is 0.802. The minimum Gasteiger partial charge on any atom is -0.510 e. The van der Waals surface area contributed by atoms with Crippen molar-refractivity contribution in [1.82, 2.24) is 4.90 Å². The van der Waals surface area contributed by atoms with E-state index in [9.17, 15) is 9.90 Å². The van der Waals surface area contributed by atoms with Crippen LogP contribution in [0.4, 0.5) is 0 Å². The maximum absolute atomic E-state index is 11.7. The Bertz CT molecular complexity index is 300. The van der Waals surface area contributed by atoms with Crippen LogP contribution in [0.1, 0.15) is 41.0 Å². The van der Waals surface area contributed by atoms with Gasteiger partial charge in [-0.3, -0.25) is 4.79 Å². The van der Waals surface area contributed by atoms with Crippen LogP contribution in [0.5, 0.6) is 0 Å². The molecule has 3 nitrogen and oxygen atoms in total. The molecule has 1 aliphatic rings. The normalized spacial score (nSPS) is 21.9. The number of aliphatic hydroxyl groups excluding tert-OH is 1. The third-order valence-electron chi connectivity index (χ3n) is 2.91. The van der Waals surface area contributed by atoms with E-state index in [0.717, 1.165) is 13.0 Å². The van der Waals surface area contributed by atoms with Crippen molar-refractivity contribution < 1.29 is 9.90 Å². The summed E-state index contributed by atoms with van der Waals surface area (Å²) in [6.45, 7) is 11.1. The van der Waals surface area contributed by atoms with Crippen LogP contribution in [0.3, 0.4) is 0 Å². The molecule has 3 heteroatoms. The molecule has 0 aliphatic carbocycles. The lowest BCUT2D eigenvalue weighted by Crippen LogP contribution is -2.44. The van der Waals surface area contributed by atoms with E-state index in [1.165, 1.54) is 6.08 Å². The molecule has 1 N–H and O–H groups in total. The smallest absolute Gasteiger partial charge is 0.250 e. The maximum atomic E-state index is 11.7. The lowest BCUT2D eigenvalue weighted by Gasteiger charge is -2.35. The van der Waals surface area contributed by atoms with Crippen molar-refractivity contribution in [2.24, 2.45) is 11.3 Å². The highest BCUT2D eigenvalue weighted by atomic mass is 16.3. The summed E-state index contributed by atoms with van der Waals surface area (Å²) in [5.74, 6) is 0.718. The van der Waals surface area contributed by atoms with E-state index >= 15 is 0 Å². The second kappa shape index (κ2) is 4.48. The van der Waals surface area contributed by atoms with Gasteiger partial charge in [-0.1, -0.05) is 34.6 Å². The van der Waals surface area contributed by atoms with Crippen molar-refractivity contribution in [3.05, 3.63) is 11.8 Å². The summed E-state index contributed by atoms with van der Waals surface area (Å²) in [7, 11) is 0. The SMILES string of the molecule is CC(C)CCN1C(=O)C=C(O)C1C(C)(C)C. The van der Waals surface area contributed by atoms with E-state index in [2.05, 4.69) is 13.8 Å². The topological polar surface area (TPSA) is 40.5 Å². The first kappa shape index (κ1) is 13.1. The number of carbonyl (C=O) groups is 1. The molecule has 0 aromatic rings. The molecule has 0 aromatic carbocycles. The van der Waals surface area contributed by atoms with E-state index in [0.29, 0.717) is 5.92 Å². The Balaban J connectivity index is 2.78. The first-order valence-electron chi connectivity index (χ1n) is 5.94. The molecule has 1 unspecified atom stereocenters. The van der Waals surface area contributed by atoms with Crippen LogP contribution >= 0.6 is 0 Å². The second-order valence-corrected chi connectivity index (χ2v) is 6.05. The minimum atomic E-state index is -0.168. The molecule has 0 saturated heterocycles. The van der Waals surface area contributed by atoms with Gasteiger partial charge < -0.3 is 10.0 Å². The Morgan fingerprint density at radius 2 is 2.00 bits per heavy atom. The van der Waals surface area contributed by atoms with Crippen LogP contribution < -0.4 is 0 Å². The van der Waals surface area contributed by atoms with E-state index in [4.69, 9.17) is 0 Å². The predicted octanol–water partition coefficient (Wildman–Crippen LogP) is 2.73. The van der Waals surface area contributed by atoms with Gasteiger partial charge in [0.15, 0.2) is 0 Å². The summed E-state index contributed by atoms with van der Waals surface area (Å²) in [6.07, 6.45) is 2.33. The molecule has 16 heavy (non-hydrogen) atoms. The van der Waals surface area contributed by atoms with E-state index in [-0.39, 0.29) is 23.1 Å². The highest BCUT2D eigenvalue weighted by Crippen LogP contribution is 2.33. The maximum Gasteiger partial charge on any atom is 0.250 e. The minimum absolute atomic E-state index is 0.0573. The number of rotatable bonds is 3. The van der Waals surface area contributed by atoms with Gasteiger partial charge in [0.25, 0.3) is 5.91 Å². The van der Waals surface area contributed by atoms with Crippen LogP contribution in [0.25, 0.3) is 0 Å². The monoisotopic (exact) mass is 225 g/mol. The van der Waals surface area contributed by atoms with Crippen molar-refractivity contribution in [2.75, 3.05) is 6.54 Å². The number of hydrogen-bond acceptors (Lipinski definition) is 2. The molecular formula is C13H23NO2. The Morgan fingerprint density at radius 3 is 2.44 bits per heavy atom. The lowest BCUT2D eigenvalue weighted by molar-refractivity contribution is -0.128. The Labute approximate surface area is 98.1 Å². The standard InChI is InChI=1S/C13H23NO2/c1-9(2)6-7-14-11(16)8-10(15)12(14)13(3,4)5/h8-9,12,15H,6-7H2,1-5H3. The zero-order chi connectivity index (χ0) is 12.5. The molecule has 0 radical (unpaired) electrons. The number of aliphatic hydroxyl groups is 1. The van der Waals surface area contributed by atoms with Crippen molar-refractivity contribution in [3.63, 3.8) is 0 Å². The van der Waals surface area contributed by atoms with Gasteiger partial charge in [-0.2, -0.15) is 0 Å². The van der Waals surface area contributed by atoms with Crippen molar-refractivity contribution in [1.29, 1.82) is 0 Å².